The second kappa shape index (κ2) is 5.52. The van der Waals surface area contributed by atoms with E-state index in [1.165, 1.54) is 0 Å². The highest BCUT2D eigenvalue weighted by atomic mass is 35.5. The molecule has 0 saturated carbocycles. The van der Waals surface area contributed by atoms with Gasteiger partial charge in [0, 0.05) is 6.20 Å². The molecule has 0 unspecified atom stereocenters. The summed E-state index contributed by atoms with van der Waals surface area (Å²) in [7, 11) is 0. The number of alkyl halides is 5. The molecule has 1 N–H and O–H groups in total. The van der Waals surface area contributed by atoms with E-state index < -0.39 is 46.2 Å². The summed E-state index contributed by atoms with van der Waals surface area (Å²) >= 11 is 5.62. The molecule has 0 aliphatic rings. The predicted octanol–water partition coefficient (Wildman–Crippen LogP) is 3.58. The molecule has 0 spiro atoms. The van der Waals surface area contributed by atoms with Crippen molar-refractivity contribution in [2.45, 2.75) is 12.6 Å². The van der Waals surface area contributed by atoms with Crippen LogP contribution in [0.2, 0.25) is 5.02 Å². The summed E-state index contributed by atoms with van der Waals surface area (Å²) in [5.41, 5.74) is -3.00. The van der Waals surface area contributed by atoms with Gasteiger partial charge < -0.3 is 5.11 Å². The zero-order chi connectivity index (χ0) is 16.7. The number of aromatic nitrogens is 3. The monoisotopic (exact) mass is 341 g/mol. The molecule has 0 saturated heterocycles. The lowest BCUT2D eigenvalue weighted by Crippen LogP contribution is -2.11. The van der Waals surface area contributed by atoms with E-state index in [0.717, 1.165) is 0 Å². The summed E-state index contributed by atoms with van der Waals surface area (Å²) in [5.74, 6) is -2.19. The Morgan fingerprint density at radius 2 is 1.95 bits per heavy atom. The molecule has 2 aromatic heterocycles. The fourth-order valence-corrected chi connectivity index (χ4v) is 1.89. The van der Waals surface area contributed by atoms with Gasteiger partial charge >= 0.3 is 12.1 Å². The summed E-state index contributed by atoms with van der Waals surface area (Å²) in [4.78, 5) is 14.2. The highest BCUT2D eigenvalue weighted by Crippen LogP contribution is 2.33. The largest absolute Gasteiger partial charge is 0.478 e. The number of carbonyl (C=O) groups is 1. The summed E-state index contributed by atoms with van der Waals surface area (Å²) < 4.78 is 63.9. The minimum absolute atomic E-state index is 0.387. The fraction of sp³-hybridized carbons (Fsp3) is 0.182. The highest BCUT2D eigenvalue weighted by molar-refractivity contribution is 6.32. The Bertz CT molecular complexity index is 729. The third-order valence-corrected chi connectivity index (χ3v) is 2.87. The molecule has 0 bridgehead atoms. The van der Waals surface area contributed by atoms with Crippen LogP contribution in [0.4, 0.5) is 22.0 Å². The van der Waals surface area contributed by atoms with Crippen molar-refractivity contribution in [1.82, 2.24) is 14.8 Å². The maximum absolute atomic E-state index is 13.0. The van der Waals surface area contributed by atoms with Gasteiger partial charge in [0.2, 0.25) is 0 Å². The maximum Gasteiger partial charge on any atom is 0.417 e. The smallest absolute Gasteiger partial charge is 0.417 e. The van der Waals surface area contributed by atoms with Gasteiger partial charge in [-0.2, -0.15) is 18.3 Å². The fourth-order valence-electron chi connectivity index (χ4n) is 1.64. The Balaban J connectivity index is 2.60. The van der Waals surface area contributed by atoms with Gasteiger partial charge in [0.1, 0.15) is 11.3 Å². The molecule has 118 valence electrons. The number of hydrogen-bond acceptors (Lipinski definition) is 3. The third kappa shape index (κ3) is 2.86. The van der Waals surface area contributed by atoms with Crippen LogP contribution >= 0.6 is 11.6 Å². The lowest BCUT2D eigenvalue weighted by Gasteiger charge is -2.11. The van der Waals surface area contributed by atoms with Crippen molar-refractivity contribution in [2.24, 2.45) is 0 Å². The molecule has 5 nitrogen and oxygen atoms in total. The van der Waals surface area contributed by atoms with Gasteiger partial charge in [0.25, 0.3) is 6.43 Å². The second-order valence-corrected chi connectivity index (χ2v) is 4.40. The average Bonchev–Trinajstić information content (AvgIpc) is 2.82. The number of carboxylic acids is 1. The minimum atomic E-state index is -4.71. The van der Waals surface area contributed by atoms with E-state index in [1.54, 1.807) is 0 Å². The van der Waals surface area contributed by atoms with Crippen LogP contribution in [0.3, 0.4) is 0 Å². The van der Waals surface area contributed by atoms with E-state index in [9.17, 15) is 26.7 Å². The van der Waals surface area contributed by atoms with Crippen LogP contribution in [-0.2, 0) is 6.18 Å². The highest BCUT2D eigenvalue weighted by Gasteiger charge is 2.33. The Hall–Kier alpha value is -2.23. The van der Waals surface area contributed by atoms with Crippen LogP contribution in [-0.4, -0.2) is 25.8 Å². The van der Waals surface area contributed by atoms with Gasteiger partial charge in [-0.3, -0.25) is 0 Å². The van der Waals surface area contributed by atoms with Crippen LogP contribution in [0.25, 0.3) is 5.82 Å². The number of aromatic carboxylic acids is 1. The van der Waals surface area contributed by atoms with E-state index in [4.69, 9.17) is 16.7 Å². The summed E-state index contributed by atoms with van der Waals surface area (Å²) in [6, 6.07) is 0.487. The average molecular weight is 342 g/mol. The third-order valence-electron chi connectivity index (χ3n) is 2.59. The van der Waals surface area contributed by atoms with E-state index in [1.807, 2.05) is 0 Å². The van der Waals surface area contributed by atoms with Crippen molar-refractivity contribution in [2.75, 3.05) is 0 Å². The van der Waals surface area contributed by atoms with Crippen LogP contribution in [0.15, 0.2) is 18.5 Å². The van der Waals surface area contributed by atoms with Crippen LogP contribution < -0.4 is 0 Å². The van der Waals surface area contributed by atoms with Gasteiger partial charge in [-0.1, -0.05) is 11.6 Å². The van der Waals surface area contributed by atoms with Crippen LogP contribution in [0.5, 0.6) is 0 Å². The Kier molecular flexibility index (Phi) is 4.05. The summed E-state index contributed by atoms with van der Waals surface area (Å²) in [5, 5.41) is 11.6. The predicted molar refractivity (Wildman–Crippen MR) is 63.3 cm³/mol. The molecule has 2 rings (SSSR count). The number of hydrogen-bond donors (Lipinski definition) is 1. The summed E-state index contributed by atoms with van der Waals surface area (Å²) in [6.07, 6.45) is -6.93. The molecule has 0 fully saturated rings. The summed E-state index contributed by atoms with van der Waals surface area (Å²) in [6.45, 7) is 0. The number of nitrogens with zero attached hydrogens (tertiary/aromatic N) is 3. The van der Waals surface area contributed by atoms with Crippen LogP contribution in [0.1, 0.15) is 28.0 Å². The molecular weight excluding hydrogens is 337 g/mol. The molecule has 22 heavy (non-hydrogen) atoms. The van der Waals surface area contributed by atoms with E-state index >= 15 is 0 Å². The van der Waals surface area contributed by atoms with Gasteiger partial charge in [0.05, 0.1) is 16.8 Å². The van der Waals surface area contributed by atoms with Gasteiger partial charge in [0.15, 0.2) is 5.82 Å². The number of halogens is 6. The molecule has 11 heteroatoms. The van der Waals surface area contributed by atoms with Gasteiger partial charge in [-0.05, 0) is 6.07 Å². The van der Waals surface area contributed by atoms with Crippen molar-refractivity contribution in [3.05, 3.63) is 40.3 Å². The standard InChI is InChI=1S/C11H5ClF5N3O2/c12-6-1-4(11(15,16)17)2-18-9(6)20-7(8(13)14)5(3-19-20)10(21)22/h1-3,8H,(H,21,22). The molecule has 0 radical (unpaired) electrons. The van der Waals surface area contributed by atoms with Crippen molar-refractivity contribution >= 4 is 17.6 Å². The first-order chi connectivity index (χ1) is 10.1. The zero-order valence-electron chi connectivity index (χ0n) is 10.3. The lowest BCUT2D eigenvalue weighted by molar-refractivity contribution is -0.137. The number of pyridine rings is 1. The molecule has 2 aromatic rings. The van der Waals surface area contributed by atoms with Crippen LogP contribution in [0, 0.1) is 0 Å². The van der Waals surface area contributed by atoms with E-state index in [-0.39, 0.29) is 0 Å². The van der Waals surface area contributed by atoms with Gasteiger partial charge in [-0.25, -0.2) is 23.2 Å². The number of carboxylic acid groups (broad SMARTS) is 1. The molecule has 0 aliphatic heterocycles. The lowest BCUT2D eigenvalue weighted by atomic mass is 10.2. The topological polar surface area (TPSA) is 68.0 Å². The van der Waals surface area contributed by atoms with E-state index in [2.05, 4.69) is 10.1 Å². The first kappa shape index (κ1) is 16.1. The first-order valence-electron chi connectivity index (χ1n) is 5.45. The van der Waals surface area contributed by atoms with Crippen molar-refractivity contribution < 1.29 is 31.9 Å². The van der Waals surface area contributed by atoms with Crippen molar-refractivity contribution in [3.8, 4) is 5.82 Å². The van der Waals surface area contributed by atoms with Crippen molar-refractivity contribution in [3.63, 3.8) is 0 Å². The molecule has 0 amide bonds. The van der Waals surface area contributed by atoms with E-state index in [0.29, 0.717) is 23.1 Å². The molecule has 0 atom stereocenters. The Morgan fingerprint density at radius 1 is 1.32 bits per heavy atom. The normalized spacial score (nSPS) is 12.0. The Labute approximate surface area is 123 Å². The van der Waals surface area contributed by atoms with Gasteiger partial charge in [-0.15, -0.1) is 0 Å². The zero-order valence-corrected chi connectivity index (χ0v) is 11.0. The molecule has 0 aliphatic carbocycles. The minimum Gasteiger partial charge on any atom is -0.478 e. The Morgan fingerprint density at radius 3 is 2.41 bits per heavy atom. The van der Waals surface area contributed by atoms with Crippen molar-refractivity contribution in [1.29, 1.82) is 0 Å². The number of rotatable bonds is 3. The molecular formula is C11H5ClF5N3O2. The SMILES string of the molecule is O=C(O)c1cnn(-c2ncc(C(F)(F)F)cc2Cl)c1C(F)F. The maximum atomic E-state index is 13.0. The first-order valence-corrected chi connectivity index (χ1v) is 5.83. The quantitative estimate of drug-likeness (QED) is 0.867. The molecule has 2 heterocycles. The molecule has 0 aromatic carbocycles. The second-order valence-electron chi connectivity index (χ2n) is 3.99.